The molecule has 0 bridgehead atoms. The fraction of sp³-hybridized carbons (Fsp3) is 0.312. The monoisotopic (exact) mass is 331 g/mol. The molecule has 0 atom stereocenters. The van der Waals surface area contributed by atoms with E-state index >= 15 is 0 Å². The first-order valence-corrected chi connectivity index (χ1v) is 8.38. The minimum absolute atomic E-state index is 0.00276. The number of nitrogens with one attached hydrogen (secondary N) is 2. The quantitative estimate of drug-likeness (QED) is 0.747. The maximum absolute atomic E-state index is 12.1. The molecule has 2 heterocycles. The van der Waals surface area contributed by atoms with Gasteiger partial charge < -0.3 is 9.73 Å². The zero-order valence-electron chi connectivity index (χ0n) is 12.9. The number of benzene rings is 1. The molecule has 0 aliphatic carbocycles. The molecule has 0 radical (unpaired) electrons. The number of anilines is 1. The van der Waals surface area contributed by atoms with E-state index in [1.807, 2.05) is 25.3 Å². The molecule has 1 amide bonds. The minimum Gasteiger partial charge on any atom is -0.408 e. The van der Waals surface area contributed by atoms with Crippen LogP contribution >= 0.6 is 11.3 Å². The zero-order valence-corrected chi connectivity index (χ0v) is 13.7. The summed E-state index contributed by atoms with van der Waals surface area (Å²) in [7, 11) is 0. The Labute approximate surface area is 136 Å². The lowest BCUT2D eigenvalue weighted by molar-refractivity contribution is -0.120. The molecule has 23 heavy (non-hydrogen) atoms. The summed E-state index contributed by atoms with van der Waals surface area (Å²) in [6.07, 6.45) is 1.62. The number of carbonyl (C=O) groups excluding carboxylic acids is 1. The number of hydrogen-bond acceptors (Lipinski definition) is 5. The topological polar surface area (TPSA) is 88.0 Å². The Bertz CT molecular complexity index is 889. The second-order valence-corrected chi connectivity index (χ2v) is 6.12. The van der Waals surface area contributed by atoms with Crippen LogP contribution in [-0.2, 0) is 4.79 Å². The van der Waals surface area contributed by atoms with Gasteiger partial charge in [0, 0.05) is 16.9 Å². The number of hydrogen-bond donors (Lipinski definition) is 2. The summed E-state index contributed by atoms with van der Waals surface area (Å²) < 4.78 is 5.06. The summed E-state index contributed by atoms with van der Waals surface area (Å²) in [5, 5.41) is 5.31. The van der Waals surface area contributed by atoms with E-state index in [1.54, 1.807) is 12.1 Å². The number of aromatic amines is 1. The van der Waals surface area contributed by atoms with E-state index in [0.717, 1.165) is 24.1 Å². The Kier molecular flexibility index (Phi) is 4.29. The predicted molar refractivity (Wildman–Crippen MR) is 90.6 cm³/mol. The van der Waals surface area contributed by atoms with E-state index in [4.69, 9.17) is 4.42 Å². The van der Waals surface area contributed by atoms with E-state index in [9.17, 15) is 9.59 Å². The highest BCUT2D eigenvalue weighted by Gasteiger charge is 2.16. The number of aromatic nitrogens is 2. The van der Waals surface area contributed by atoms with Crippen molar-refractivity contribution in [1.82, 2.24) is 9.97 Å². The molecule has 3 rings (SSSR count). The van der Waals surface area contributed by atoms with Gasteiger partial charge in [0.2, 0.25) is 5.91 Å². The van der Waals surface area contributed by atoms with Gasteiger partial charge in [0.05, 0.1) is 11.2 Å². The normalized spacial score (nSPS) is 11.3. The van der Waals surface area contributed by atoms with Crippen molar-refractivity contribution in [2.24, 2.45) is 5.92 Å². The lowest BCUT2D eigenvalue weighted by atomic mass is 10.0. The highest BCUT2D eigenvalue weighted by molar-refractivity contribution is 7.14. The molecule has 0 unspecified atom stereocenters. The molecule has 6 nitrogen and oxygen atoms in total. The van der Waals surface area contributed by atoms with Crippen LogP contribution in [0.1, 0.15) is 26.7 Å². The number of rotatable bonds is 5. The second-order valence-electron chi connectivity index (χ2n) is 5.27. The van der Waals surface area contributed by atoms with Crippen LogP contribution in [-0.4, -0.2) is 15.9 Å². The standard InChI is InChI=1S/C16H17N3O3S/c1-3-9(4-2)14(20)19-15-17-12(8-23-15)10-5-6-11-13(7-10)22-16(21)18-11/h5-9H,3-4H2,1-2H3,(H,18,21)(H,17,19,20). The number of nitrogens with zero attached hydrogens (tertiary/aromatic N) is 1. The zero-order chi connectivity index (χ0) is 16.4. The largest absolute Gasteiger partial charge is 0.417 e. The van der Waals surface area contributed by atoms with Crippen molar-refractivity contribution in [1.29, 1.82) is 0 Å². The van der Waals surface area contributed by atoms with Gasteiger partial charge in [0.25, 0.3) is 0 Å². The maximum atomic E-state index is 12.1. The number of H-pyrrole nitrogens is 1. The van der Waals surface area contributed by atoms with Gasteiger partial charge in [-0.25, -0.2) is 9.78 Å². The predicted octanol–water partition coefficient (Wildman–Crippen LogP) is 3.62. The minimum atomic E-state index is -0.478. The van der Waals surface area contributed by atoms with Gasteiger partial charge in [0.15, 0.2) is 10.7 Å². The Hall–Kier alpha value is -2.41. The molecule has 0 fully saturated rings. The van der Waals surface area contributed by atoms with Crippen LogP contribution in [0.3, 0.4) is 0 Å². The van der Waals surface area contributed by atoms with Crippen molar-refractivity contribution in [2.45, 2.75) is 26.7 Å². The lowest BCUT2D eigenvalue weighted by Crippen LogP contribution is -2.21. The molecule has 0 aliphatic rings. The molecule has 1 aromatic carbocycles. The maximum Gasteiger partial charge on any atom is 0.417 e. The van der Waals surface area contributed by atoms with Crippen molar-refractivity contribution < 1.29 is 9.21 Å². The van der Waals surface area contributed by atoms with Gasteiger partial charge in [-0.05, 0) is 25.0 Å². The Morgan fingerprint density at radius 1 is 1.39 bits per heavy atom. The van der Waals surface area contributed by atoms with Crippen molar-refractivity contribution in [2.75, 3.05) is 5.32 Å². The number of amides is 1. The van der Waals surface area contributed by atoms with Crippen LogP contribution in [0, 0.1) is 5.92 Å². The van der Waals surface area contributed by atoms with Crippen LogP contribution in [0.15, 0.2) is 32.8 Å². The summed E-state index contributed by atoms with van der Waals surface area (Å²) in [6.45, 7) is 4.00. The number of thiazole rings is 1. The van der Waals surface area contributed by atoms with E-state index in [-0.39, 0.29) is 11.8 Å². The van der Waals surface area contributed by atoms with Gasteiger partial charge >= 0.3 is 5.76 Å². The molecule has 3 aromatic rings. The highest BCUT2D eigenvalue weighted by Crippen LogP contribution is 2.27. The third-order valence-electron chi connectivity index (χ3n) is 3.81. The van der Waals surface area contributed by atoms with Crippen LogP contribution in [0.4, 0.5) is 5.13 Å². The SMILES string of the molecule is CCC(CC)C(=O)Nc1nc(-c2ccc3[nH]c(=O)oc3c2)cs1. The van der Waals surface area contributed by atoms with Crippen LogP contribution in [0.25, 0.3) is 22.4 Å². The summed E-state index contributed by atoms with van der Waals surface area (Å²) in [4.78, 5) is 30.3. The van der Waals surface area contributed by atoms with Gasteiger partial charge in [-0.15, -0.1) is 11.3 Å². The molecular formula is C16H17N3O3S. The summed E-state index contributed by atoms with van der Waals surface area (Å²) in [5.41, 5.74) is 2.71. The molecular weight excluding hydrogens is 314 g/mol. The third kappa shape index (κ3) is 3.19. The molecule has 120 valence electrons. The van der Waals surface area contributed by atoms with E-state index in [1.165, 1.54) is 11.3 Å². The van der Waals surface area contributed by atoms with Gasteiger partial charge in [-0.1, -0.05) is 19.9 Å². The van der Waals surface area contributed by atoms with Crippen molar-refractivity contribution >= 4 is 33.5 Å². The van der Waals surface area contributed by atoms with Crippen molar-refractivity contribution in [3.05, 3.63) is 34.1 Å². The van der Waals surface area contributed by atoms with E-state index in [2.05, 4.69) is 15.3 Å². The van der Waals surface area contributed by atoms with Crippen LogP contribution in [0.2, 0.25) is 0 Å². The molecule has 0 spiro atoms. The highest BCUT2D eigenvalue weighted by atomic mass is 32.1. The van der Waals surface area contributed by atoms with Crippen LogP contribution in [0.5, 0.6) is 0 Å². The van der Waals surface area contributed by atoms with Crippen molar-refractivity contribution in [3.8, 4) is 11.3 Å². The smallest absolute Gasteiger partial charge is 0.408 e. The first-order chi connectivity index (χ1) is 11.1. The number of oxazole rings is 1. The van der Waals surface area contributed by atoms with Gasteiger partial charge in [0.1, 0.15) is 0 Å². The summed E-state index contributed by atoms with van der Waals surface area (Å²) in [6, 6.07) is 5.39. The van der Waals surface area contributed by atoms with E-state index in [0.29, 0.717) is 16.2 Å². The third-order valence-corrected chi connectivity index (χ3v) is 4.57. The molecule has 0 saturated carbocycles. The number of carbonyl (C=O) groups is 1. The molecule has 0 aliphatic heterocycles. The molecule has 7 heteroatoms. The van der Waals surface area contributed by atoms with Gasteiger partial charge in [-0.2, -0.15) is 0 Å². The Morgan fingerprint density at radius 2 is 2.17 bits per heavy atom. The number of fused-ring (bicyclic) bond motifs is 1. The fourth-order valence-electron chi connectivity index (χ4n) is 2.44. The van der Waals surface area contributed by atoms with E-state index < -0.39 is 5.76 Å². The Balaban J connectivity index is 1.82. The molecule has 2 N–H and O–H groups in total. The van der Waals surface area contributed by atoms with Gasteiger partial charge in [-0.3, -0.25) is 9.78 Å². The first kappa shape index (κ1) is 15.5. The first-order valence-electron chi connectivity index (χ1n) is 7.50. The average Bonchev–Trinajstić information content (AvgIpc) is 3.13. The van der Waals surface area contributed by atoms with Crippen molar-refractivity contribution in [3.63, 3.8) is 0 Å². The molecule has 2 aromatic heterocycles. The average molecular weight is 331 g/mol. The molecule has 0 saturated heterocycles. The van der Waals surface area contributed by atoms with Crippen LogP contribution < -0.4 is 11.1 Å². The fourth-order valence-corrected chi connectivity index (χ4v) is 3.16. The summed E-state index contributed by atoms with van der Waals surface area (Å²) in [5.74, 6) is -0.468. The lowest BCUT2D eigenvalue weighted by Gasteiger charge is -2.10. The Morgan fingerprint density at radius 3 is 2.91 bits per heavy atom. The second kappa shape index (κ2) is 6.37. The summed E-state index contributed by atoms with van der Waals surface area (Å²) >= 11 is 1.38.